The van der Waals surface area contributed by atoms with Gasteiger partial charge in [0.15, 0.2) is 0 Å². The van der Waals surface area contributed by atoms with E-state index in [9.17, 15) is 0 Å². The molecule has 0 aliphatic heterocycles. The summed E-state index contributed by atoms with van der Waals surface area (Å²) >= 11 is 0. The Bertz CT molecular complexity index is 3450. The molecule has 11 aromatic rings. The average Bonchev–Trinajstić information content (AvgIpc) is 3.33. The van der Waals surface area contributed by atoms with Crippen molar-refractivity contribution in [1.82, 2.24) is 4.98 Å². The van der Waals surface area contributed by atoms with Gasteiger partial charge in [-0.25, -0.2) is 4.98 Å². The Labute approximate surface area is 396 Å². The highest BCUT2D eigenvalue weighted by molar-refractivity contribution is 6.33. The van der Waals surface area contributed by atoms with Crippen molar-refractivity contribution in [1.29, 1.82) is 0 Å². The van der Waals surface area contributed by atoms with Crippen LogP contribution >= 0.6 is 0 Å². The normalized spacial score (nSPS) is 12.9. The van der Waals surface area contributed by atoms with Crippen molar-refractivity contribution in [2.24, 2.45) is 0 Å². The van der Waals surface area contributed by atoms with Crippen molar-refractivity contribution in [2.45, 2.75) is 84.0 Å². The number of nitrogens with zero attached hydrogens (tertiary/aromatic N) is 1. The van der Waals surface area contributed by atoms with Gasteiger partial charge in [0.2, 0.25) is 0 Å². The molecule has 0 saturated carbocycles. The Kier molecular flexibility index (Phi) is 9.84. The van der Waals surface area contributed by atoms with Crippen LogP contribution in [0.15, 0.2) is 194 Å². The van der Waals surface area contributed by atoms with Gasteiger partial charge in [-0.2, -0.15) is 0 Å². The molecule has 0 fully saturated rings. The lowest BCUT2D eigenvalue weighted by molar-refractivity contribution is 0.587. The van der Waals surface area contributed by atoms with Gasteiger partial charge in [0.05, 0.1) is 16.6 Å². The first-order chi connectivity index (χ1) is 32.1. The number of para-hydroxylation sites is 1. The van der Waals surface area contributed by atoms with Crippen LogP contribution in [0.2, 0.25) is 0 Å². The second-order valence-electron chi connectivity index (χ2n) is 22.0. The Morgan fingerprint density at radius 3 is 1.19 bits per heavy atom. The maximum absolute atomic E-state index is 5.26. The van der Waals surface area contributed by atoms with E-state index in [-0.39, 0.29) is 16.2 Å². The third kappa shape index (κ3) is 7.10. The van der Waals surface area contributed by atoms with E-state index in [4.69, 9.17) is 4.98 Å². The maximum atomic E-state index is 5.26. The lowest BCUT2D eigenvalue weighted by Gasteiger charge is -2.38. The summed E-state index contributed by atoms with van der Waals surface area (Å²) in [6.07, 6.45) is 0. The van der Waals surface area contributed by atoms with Gasteiger partial charge in [0.25, 0.3) is 0 Å². The molecule has 0 atom stereocenters. The Hall–Kier alpha value is -7.09. The molecule has 1 aromatic heterocycles. The standard InChI is InChI=1S/C66H59N/c1-63(2,3)48-26-32-52(33-27-48)66(53-34-28-49(29-35-53)64(4,5)6,54-36-30-50(31-37-54)65(7,8)9)51-24-21-42(22-25-51)47-39-44-19-20-46-41-57-61(56-38-23-45(40-47)59(44)60(46)56)55-17-13-14-18-58(55)67-62(57)43-15-11-10-12-16-43/h10-41H,1-9H3. The van der Waals surface area contributed by atoms with Crippen LogP contribution in [0.5, 0.6) is 0 Å². The van der Waals surface area contributed by atoms with Gasteiger partial charge in [-0.05, 0) is 123 Å². The van der Waals surface area contributed by atoms with E-state index in [0.717, 1.165) is 16.8 Å². The fraction of sp³-hybridized carbons (Fsp3) is 0.197. The summed E-state index contributed by atoms with van der Waals surface area (Å²) in [6.45, 7) is 20.7. The second-order valence-corrected chi connectivity index (χ2v) is 22.0. The summed E-state index contributed by atoms with van der Waals surface area (Å²) in [5, 5.41) is 11.3. The van der Waals surface area contributed by atoms with E-state index in [2.05, 4.69) is 256 Å². The predicted octanol–water partition coefficient (Wildman–Crippen LogP) is 17.9. The molecule has 1 heteroatoms. The van der Waals surface area contributed by atoms with Crippen LogP contribution in [-0.4, -0.2) is 4.98 Å². The zero-order valence-electron chi connectivity index (χ0n) is 40.4. The quantitative estimate of drug-likeness (QED) is 0.0922. The zero-order chi connectivity index (χ0) is 46.5. The number of hydrogen-bond acceptors (Lipinski definition) is 1. The minimum atomic E-state index is -0.571. The van der Waals surface area contributed by atoms with Crippen molar-refractivity contribution in [3.8, 4) is 22.4 Å². The van der Waals surface area contributed by atoms with Crippen molar-refractivity contribution in [3.05, 3.63) is 233 Å². The molecule has 0 amide bonds. The average molecular weight is 866 g/mol. The summed E-state index contributed by atoms with van der Waals surface area (Å²) in [5.41, 5.74) is 14.2. The van der Waals surface area contributed by atoms with Gasteiger partial charge < -0.3 is 0 Å². The largest absolute Gasteiger partial charge is 0.247 e. The minimum Gasteiger partial charge on any atom is -0.247 e. The van der Waals surface area contributed by atoms with Gasteiger partial charge in [-0.1, -0.05) is 232 Å². The van der Waals surface area contributed by atoms with Crippen LogP contribution in [0, 0.1) is 0 Å². The summed E-state index contributed by atoms with van der Waals surface area (Å²) in [7, 11) is 0. The van der Waals surface area contributed by atoms with E-state index >= 15 is 0 Å². The molecule has 0 bridgehead atoms. The van der Waals surface area contributed by atoms with Crippen LogP contribution in [0.25, 0.3) is 76.4 Å². The molecule has 1 nitrogen and oxygen atoms in total. The first kappa shape index (κ1) is 42.5. The van der Waals surface area contributed by atoms with Crippen LogP contribution in [-0.2, 0) is 21.7 Å². The molecule has 328 valence electrons. The van der Waals surface area contributed by atoms with Gasteiger partial charge in [-0.3, -0.25) is 0 Å². The van der Waals surface area contributed by atoms with E-state index in [1.807, 2.05) is 0 Å². The fourth-order valence-electron chi connectivity index (χ4n) is 10.9. The van der Waals surface area contributed by atoms with Gasteiger partial charge in [0, 0.05) is 21.7 Å². The molecule has 0 saturated heterocycles. The van der Waals surface area contributed by atoms with Crippen LogP contribution in [0.4, 0.5) is 0 Å². The summed E-state index contributed by atoms with van der Waals surface area (Å²) in [5.74, 6) is 0. The summed E-state index contributed by atoms with van der Waals surface area (Å²) in [4.78, 5) is 5.26. The highest BCUT2D eigenvalue weighted by Crippen LogP contribution is 2.48. The van der Waals surface area contributed by atoms with Crippen molar-refractivity contribution in [3.63, 3.8) is 0 Å². The van der Waals surface area contributed by atoms with E-state index < -0.39 is 5.41 Å². The predicted molar refractivity (Wildman–Crippen MR) is 288 cm³/mol. The highest BCUT2D eigenvalue weighted by atomic mass is 14.7. The third-order valence-corrected chi connectivity index (χ3v) is 14.6. The zero-order valence-corrected chi connectivity index (χ0v) is 40.4. The monoisotopic (exact) mass is 865 g/mol. The van der Waals surface area contributed by atoms with Crippen LogP contribution < -0.4 is 0 Å². The van der Waals surface area contributed by atoms with Gasteiger partial charge in [-0.15, -0.1) is 0 Å². The number of rotatable bonds is 6. The number of fused-ring (bicyclic) bond motifs is 4. The smallest absolute Gasteiger partial charge is 0.0788 e. The maximum Gasteiger partial charge on any atom is 0.0788 e. The Morgan fingerprint density at radius 1 is 0.284 bits per heavy atom. The molecule has 10 aromatic carbocycles. The summed E-state index contributed by atoms with van der Waals surface area (Å²) < 4.78 is 0. The van der Waals surface area contributed by atoms with Crippen molar-refractivity contribution < 1.29 is 0 Å². The van der Waals surface area contributed by atoms with Crippen molar-refractivity contribution in [2.75, 3.05) is 0 Å². The first-order valence-electron chi connectivity index (χ1n) is 24.0. The Morgan fingerprint density at radius 2 is 0.701 bits per heavy atom. The third-order valence-electron chi connectivity index (χ3n) is 14.6. The van der Waals surface area contributed by atoms with E-state index in [1.54, 1.807) is 0 Å². The molecule has 0 radical (unpaired) electrons. The molecular formula is C66H59N. The molecule has 67 heavy (non-hydrogen) atoms. The number of aromatic nitrogens is 1. The molecule has 0 aliphatic carbocycles. The van der Waals surface area contributed by atoms with E-state index in [0.29, 0.717) is 0 Å². The minimum absolute atomic E-state index is 0.0410. The lowest BCUT2D eigenvalue weighted by atomic mass is 9.64. The first-order valence-corrected chi connectivity index (χ1v) is 24.0. The molecular weight excluding hydrogens is 807 g/mol. The molecule has 0 aliphatic rings. The van der Waals surface area contributed by atoms with Gasteiger partial charge in [0.1, 0.15) is 0 Å². The number of pyridine rings is 1. The Balaban J connectivity index is 1.09. The van der Waals surface area contributed by atoms with Gasteiger partial charge >= 0.3 is 0 Å². The van der Waals surface area contributed by atoms with Crippen LogP contribution in [0.1, 0.15) is 101 Å². The number of hydrogen-bond donors (Lipinski definition) is 0. The molecule has 1 heterocycles. The molecule has 0 spiro atoms. The fourth-order valence-corrected chi connectivity index (χ4v) is 10.9. The molecule has 0 N–H and O–H groups in total. The second kappa shape index (κ2) is 15.5. The van der Waals surface area contributed by atoms with Crippen molar-refractivity contribution >= 4 is 54.0 Å². The van der Waals surface area contributed by atoms with E-state index in [1.165, 1.54) is 98.5 Å². The van der Waals surface area contributed by atoms with Crippen LogP contribution in [0.3, 0.4) is 0 Å². The number of benzene rings is 10. The lowest BCUT2D eigenvalue weighted by Crippen LogP contribution is -2.31. The topological polar surface area (TPSA) is 12.9 Å². The highest BCUT2D eigenvalue weighted by Gasteiger charge is 2.39. The molecule has 11 rings (SSSR count). The molecule has 0 unspecified atom stereocenters. The summed E-state index contributed by atoms with van der Waals surface area (Å²) in [6, 6.07) is 73.6. The SMILES string of the molecule is CC(C)(C)c1ccc(C(c2ccc(-c3cc4ccc5cc6c(-c7ccccc7)nc7ccccc7c6c6ccc(c3)c4c56)cc2)(c2ccc(C(C)(C)C)cc2)c2ccc(C(C)(C)C)cc2)cc1.